The summed E-state index contributed by atoms with van der Waals surface area (Å²) in [6.07, 6.45) is 0. The number of H-pyrrole nitrogens is 1. The second-order valence-corrected chi connectivity index (χ2v) is 3.69. The molecule has 18 heavy (non-hydrogen) atoms. The first kappa shape index (κ1) is 12.0. The molecule has 2 rings (SSSR count). The summed E-state index contributed by atoms with van der Waals surface area (Å²) in [5.74, 6) is -1.52. The number of aryl methyl sites for hydroxylation is 1. The molecule has 1 aromatic heterocycles. The Bertz CT molecular complexity index is 662. The Morgan fingerprint density at radius 1 is 1.33 bits per heavy atom. The van der Waals surface area contributed by atoms with Crippen LogP contribution in [0.5, 0.6) is 0 Å². The summed E-state index contributed by atoms with van der Waals surface area (Å²) in [6, 6.07) is 5.37. The zero-order valence-corrected chi connectivity index (χ0v) is 9.40. The average Bonchev–Trinajstić information content (AvgIpc) is 2.28. The SMILES string of the molecule is Cc1nc(-c2ccc(F)cc2)[nH]c(=O)c1C(=O)O. The maximum atomic E-state index is 12.8. The molecule has 0 saturated heterocycles. The van der Waals surface area contributed by atoms with Gasteiger partial charge in [0, 0.05) is 5.56 Å². The zero-order valence-electron chi connectivity index (χ0n) is 9.40. The van der Waals surface area contributed by atoms with Crippen LogP contribution in [0.1, 0.15) is 16.1 Å². The van der Waals surface area contributed by atoms with Crippen molar-refractivity contribution >= 4 is 5.97 Å². The molecule has 0 bridgehead atoms. The van der Waals surface area contributed by atoms with Crippen LogP contribution in [0.15, 0.2) is 29.1 Å². The van der Waals surface area contributed by atoms with E-state index in [1.165, 1.54) is 31.2 Å². The van der Waals surface area contributed by atoms with Gasteiger partial charge in [0.25, 0.3) is 5.56 Å². The van der Waals surface area contributed by atoms with Crippen LogP contribution in [-0.4, -0.2) is 21.0 Å². The summed E-state index contributed by atoms with van der Waals surface area (Å²) in [5, 5.41) is 8.83. The molecule has 1 heterocycles. The topological polar surface area (TPSA) is 83.0 Å². The molecule has 0 aliphatic heterocycles. The van der Waals surface area contributed by atoms with Gasteiger partial charge in [-0.25, -0.2) is 14.2 Å². The van der Waals surface area contributed by atoms with Crippen molar-refractivity contribution in [3.63, 3.8) is 0 Å². The van der Waals surface area contributed by atoms with Crippen LogP contribution in [0, 0.1) is 12.7 Å². The molecule has 0 radical (unpaired) electrons. The quantitative estimate of drug-likeness (QED) is 0.845. The lowest BCUT2D eigenvalue weighted by molar-refractivity contribution is 0.0693. The average molecular weight is 248 g/mol. The fraction of sp³-hybridized carbons (Fsp3) is 0.0833. The number of aromatic nitrogens is 2. The van der Waals surface area contributed by atoms with E-state index < -0.39 is 17.3 Å². The number of aromatic amines is 1. The van der Waals surface area contributed by atoms with Gasteiger partial charge in [-0.1, -0.05) is 0 Å². The van der Waals surface area contributed by atoms with Gasteiger partial charge in [-0.15, -0.1) is 0 Å². The third kappa shape index (κ3) is 2.13. The maximum absolute atomic E-state index is 12.8. The highest BCUT2D eigenvalue weighted by atomic mass is 19.1. The van der Waals surface area contributed by atoms with Crippen molar-refractivity contribution in [3.8, 4) is 11.4 Å². The van der Waals surface area contributed by atoms with E-state index in [1.54, 1.807) is 0 Å². The van der Waals surface area contributed by atoms with Crippen molar-refractivity contribution in [2.24, 2.45) is 0 Å². The minimum absolute atomic E-state index is 0.116. The highest BCUT2D eigenvalue weighted by molar-refractivity contribution is 5.88. The van der Waals surface area contributed by atoms with Gasteiger partial charge in [-0.3, -0.25) is 4.79 Å². The Labute approximate surface area is 101 Å². The number of nitrogens with one attached hydrogen (secondary N) is 1. The molecule has 92 valence electrons. The Morgan fingerprint density at radius 2 is 1.94 bits per heavy atom. The zero-order chi connectivity index (χ0) is 13.3. The number of carboxylic acids is 1. The molecule has 0 saturated carbocycles. The summed E-state index contributed by atoms with van der Waals surface area (Å²) in [6.45, 7) is 1.44. The van der Waals surface area contributed by atoms with Gasteiger partial charge in [0.1, 0.15) is 17.2 Å². The summed E-state index contributed by atoms with van der Waals surface area (Å²) < 4.78 is 12.8. The summed E-state index contributed by atoms with van der Waals surface area (Å²) >= 11 is 0. The monoisotopic (exact) mass is 248 g/mol. The van der Waals surface area contributed by atoms with Crippen LogP contribution in [0.3, 0.4) is 0 Å². The molecular formula is C12H9FN2O3. The number of nitrogens with zero attached hydrogens (tertiary/aromatic N) is 1. The van der Waals surface area contributed by atoms with Crippen LogP contribution in [0.2, 0.25) is 0 Å². The van der Waals surface area contributed by atoms with Gasteiger partial charge in [0.05, 0.1) is 5.69 Å². The molecule has 0 atom stereocenters. The molecule has 2 aromatic rings. The fourth-order valence-corrected chi connectivity index (χ4v) is 1.58. The number of aromatic carboxylic acids is 1. The largest absolute Gasteiger partial charge is 0.477 e. The summed E-state index contributed by atoms with van der Waals surface area (Å²) in [4.78, 5) is 28.8. The highest BCUT2D eigenvalue weighted by Crippen LogP contribution is 2.14. The van der Waals surface area contributed by atoms with E-state index in [9.17, 15) is 14.0 Å². The third-order valence-corrected chi connectivity index (χ3v) is 2.43. The van der Waals surface area contributed by atoms with Crippen LogP contribution in [0.25, 0.3) is 11.4 Å². The predicted molar refractivity (Wildman–Crippen MR) is 61.9 cm³/mol. The first-order valence-electron chi connectivity index (χ1n) is 5.09. The Kier molecular flexibility index (Phi) is 2.93. The standard InChI is InChI=1S/C12H9FN2O3/c1-6-9(12(17)18)11(16)15-10(14-6)7-2-4-8(13)5-3-7/h2-5H,1H3,(H,17,18)(H,14,15,16). The van der Waals surface area contributed by atoms with Crippen LogP contribution < -0.4 is 5.56 Å². The van der Waals surface area contributed by atoms with Crippen LogP contribution in [0.4, 0.5) is 4.39 Å². The van der Waals surface area contributed by atoms with Gasteiger partial charge >= 0.3 is 5.97 Å². The lowest BCUT2D eigenvalue weighted by Crippen LogP contribution is -2.21. The molecule has 2 N–H and O–H groups in total. The van der Waals surface area contributed by atoms with Gasteiger partial charge in [-0.05, 0) is 31.2 Å². The van der Waals surface area contributed by atoms with Crippen molar-refractivity contribution in [1.29, 1.82) is 0 Å². The number of halogens is 1. The van der Waals surface area contributed by atoms with E-state index in [0.717, 1.165) is 0 Å². The van der Waals surface area contributed by atoms with E-state index in [1.807, 2.05) is 0 Å². The lowest BCUT2D eigenvalue weighted by atomic mass is 10.2. The minimum atomic E-state index is -1.33. The minimum Gasteiger partial charge on any atom is -0.477 e. The van der Waals surface area contributed by atoms with E-state index >= 15 is 0 Å². The van der Waals surface area contributed by atoms with Crippen molar-refractivity contribution < 1.29 is 14.3 Å². The Hall–Kier alpha value is -2.50. The van der Waals surface area contributed by atoms with E-state index in [4.69, 9.17) is 5.11 Å². The number of carboxylic acid groups (broad SMARTS) is 1. The summed E-state index contributed by atoms with van der Waals surface area (Å²) in [7, 11) is 0. The number of hydrogen-bond acceptors (Lipinski definition) is 3. The van der Waals surface area contributed by atoms with E-state index in [0.29, 0.717) is 5.56 Å². The fourth-order valence-electron chi connectivity index (χ4n) is 1.58. The Morgan fingerprint density at radius 3 is 2.44 bits per heavy atom. The van der Waals surface area contributed by atoms with E-state index in [2.05, 4.69) is 9.97 Å². The van der Waals surface area contributed by atoms with Crippen molar-refractivity contribution in [2.45, 2.75) is 6.92 Å². The van der Waals surface area contributed by atoms with Crippen molar-refractivity contribution in [3.05, 3.63) is 51.7 Å². The smallest absolute Gasteiger partial charge is 0.343 e. The van der Waals surface area contributed by atoms with Gasteiger partial charge < -0.3 is 10.1 Å². The van der Waals surface area contributed by atoms with Gasteiger partial charge in [-0.2, -0.15) is 0 Å². The van der Waals surface area contributed by atoms with Crippen LogP contribution >= 0.6 is 0 Å². The molecule has 0 fully saturated rings. The second kappa shape index (κ2) is 4.40. The molecule has 0 amide bonds. The summed E-state index contributed by atoms with van der Waals surface area (Å²) in [5.41, 5.74) is -0.491. The molecule has 1 aromatic carbocycles. The third-order valence-electron chi connectivity index (χ3n) is 2.43. The molecule has 0 aliphatic rings. The predicted octanol–water partition coefficient (Wildman–Crippen LogP) is 1.58. The van der Waals surface area contributed by atoms with Crippen LogP contribution in [-0.2, 0) is 0 Å². The number of rotatable bonds is 2. The molecule has 0 spiro atoms. The molecule has 0 aliphatic carbocycles. The van der Waals surface area contributed by atoms with Crippen molar-refractivity contribution in [1.82, 2.24) is 9.97 Å². The first-order chi connectivity index (χ1) is 8.49. The Balaban J connectivity index is 2.58. The number of benzene rings is 1. The number of carbonyl (C=O) groups is 1. The molecule has 0 unspecified atom stereocenters. The molecule has 6 heteroatoms. The maximum Gasteiger partial charge on any atom is 0.343 e. The number of hydrogen-bond donors (Lipinski definition) is 2. The normalized spacial score (nSPS) is 10.3. The second-order valence-electron chi connectivity index (χ2n) is 3.69. The molecular weight excluding hydrogens is 239 g/mol. The molecule has 5 nitrogen and oxygen atoms in total. The van der Waals surface area contributed by atoms with Crippen molar-refractivity contribution in [2.75, 3.05) is 0 Å². The first-order valence-corrected chi connectivity index (χ1v) is 5.09. The van der Waals surface area contributed by atoms with Gasteiger partial charge in [0.15, 0.2) is 0 Å². The van der Waals surface area contributed by atoms with E-state index in [-0.39, 0.29) is 17.1 Å². The lowest BCUT2D eigenvalue weighted by Gasteiger charge is -2.04. The van der Waals surface area contributed by atoms with Gasteiger partial charge in [0.2, 0.25) is 0 Å². The highest BCUT2D eigenvalue weighted by Gasteiger charge is 2.15.